The van der Waals surface area contributed by atoms with E-state index in [1.54, 1.807) is 43.3 Å². The molecule has 0 aliphatic rings. The minimum atomic E-state index is -0.602. The van der Waals surface area contributed by atoms with Crippen molar-refractivity contribution in [1.29, 1.82) is 0 Å². The number of para-hydroxylation sites is 2. The summed E-state index contributed by atoms with van der Waals surface area (Å²) in [5.74, 6) is 0.0515. The topological polar surface area (TPSA) is 136 Å². The number of anilines is 3. The molecule has 142 valence electrons. The predicted octanol–water partition coefficient (Wildman–Crippen LogP) is 2.33. The Kier molecular flexibility index (Phi) is 5.50. The normalized spacial score (nSPS) is 10.3. The first-order valence-electron chi connectivity index (χ1n) is 8.56. The number of hydrogen-bond acceptors (Lipinski definition) is 6. The lowest BCUT2D eigenvalue weighted by molar-refractivity contribution is 0.0997. The lowest BCUT2D eigenvalue weighted by Gasteiger charge is -2.11. The molecule has 0 saturated carbocycles. The summed E-state index contributed by atoms with van der Waals surface area (Å²) in [5.41, 5.74) is 13.9. The minimum Gasteiger partial charge on any atom is -0.397 e. The summed E-state index contributed by atoms with van der Waals surface area (Å²) in [7, 11) is 0. The van der Waals surface area contributed by atoms with Gasteiger partial charge in [0.15, 0.2) is 0 Å². The first-order valence-corrected chi connectivity index (χ1v) is 8.56. The van der Waals surface area contributed by atoms with Crippen LogP contribution < -0.4 is 22.1 Å². The van der Waals surface area contributed by atoms with Crippen molar-refractivity contribution in [3.8, 4) is 0 Å². The summed E-state index contributed by atoms with van der Waals surface area (Å²) in [6.45, 7) is 2.13. The SMILES string of the molecule is Cc1ncc(C(N)=O)c(NCc2ccc(C(=O)Nc3ccccc3N)cc2)n1. The fourth-order valence-electron chi connectivity index (χ4n) is 2.55. The number of rotatable bonds is 6. The average molecular weight is 376 g/mol. The summed E-state index contributed by atoms with van der Waals surface area (Å²) in [5, 5.41) is 5.86. The van der Waals surface area contributed by atoms with Gasteiger partial charge in [-0.3, -0.25) is 9.59 Å². The number of primary amides is 1. The third kappa shape index (κ3) is 4.42. The van der Waals surface area contributed by atoms with Gasteiger partial charge in [0.2, 0.25) is 0 Å². The van der Waals surface area contributed by atoms with E-state index in [1.807, 2.05) is 12.1 Å². The Morgan fingerprint density at radius 2 is 1.79 bits per heavy atom. The molecule has 0 spiro atoms. The number of benzene rings is 2. The van der Waals surface area contributed by atoms with Gasteiger partial charge in [0.1, 0.15) is 11.6 Å². The molecule has 0 bridgehead atoms. The maximum atomic E-state index is 12.4. The number of carbonyl (C=O) groups is 2. The van der Waals surface area contributed by atoms with E-state index in [-0.39, 0.29) is 11.5 Å². The van der Waals surface area contributed by atoms with Crippen molar-refractivity contribution >= 4 is 29.0 Å². The van der Waals surface area contributed by atoms with Crippen molar-refractivity contribution in [1.82, 2.24) is 9.97 Å². The maximum Gasteiger partial charge on any atom is 0.255 e. The van der Waals surface area contributed by atoms with Crippen molar-refractivity contribution in [2.75, 3.05) is 16.4 Å². The zero-order valence-electron chi connectivity index (χ0n) is 15.3. The first kappa shape index (κ1) is 18.8. The zero-order chi connectivity index (χ0) is 20.1. The van der Waals surface area contributed by atoms with Crippen LogP contribution in [0.25, 0.3) is 0 Å². The Morgan fingerprint density at radius 3 is 2.46 bits per heavy atom. The second-order valence-corrected chi connectivity index (χ2v) is 6.14. The average Bonchev–Trinajstić information content (AvgIpc) is 2.68. The van der Waals surface area contributed by atoms with E-state index in [9.17, 15) is 9.59 Å². The van der Waals surface area contributed by atoms with Crippen LogP contribution in [0, 0.1) is 6.92 Å². The number of nitrogens with zero attached hydrogens (tertiary/aromatic N) is 2. The molecule has 0 saturated heterocycles. The third-order valence-corrected chi connectivity index (χ3v) is 4.06. The van der Waals surface area contributed by atoms with Crippen LogP contribution in [0.5, 0.6) is 0 Å². The third-order valence-electron chi connectivity index (χ3n) is 4.06. The highest BCUT2D eigenvalue weighted by Crippen LogP contribution is 2.18. The van der Waals surface area contributed by atoms with Crippen LogP contribution in [0.2, 0.25) is 0 Å². The van der Waals surface area contributed by atoms with E-state index in [2.05, 4.69) is 20.6 Å². The van der Waals surface area contributed by atoms with Crippen LogP contribution >= 0.6 is 0 Å². The Hall–Kier alpha value is -3.94. The quantitative estimate of drug-likeness (QED) is 0.488. The van der Waals surface area contributed by atoms with Crippen LogP contribution in [0.4, 0.5) is 17.2 Å². The zero-order valence-corrected chi connectivity index (χ0v) is 15.3. The van der Waals surface area contributed by atoms with Gasteiger partial charge < -0.3 is 22.1 Å². The van der Waals surface area contributed by atoms with Gasteiger partial charge in [0.25, 0.3) is 11.8 Å². The predicted molar refractivity (Wildman–Crippen MR) is 108 cm³/mol. The molecule has 0 aliphatic heterocycles. The van der Waals surface area contributed by atoms with Crippen molar-refractivity contribution in [3.05, 3.63) is 77.2 Å². The molecule has 0 atom stereocenters. The second kappa shape index (κ2) is 8.17. The molecule has 1 heterocycles. The molecule has 0 fully saturated rings. The molecule has 2 amide bonds. The van der Waals surface area contributed by atoms with E-state index in [4.69, 9.17) is 11.5 Å². The molecule has 28 heavy (non-hydrogen) atoms. The van der Waals surface area contributed by atoms with E-state index in [1.165, 1.54) is 6.20 Å². The molecule has 0 unspecified atom stereocenters. The van der Waals surface area contributed by atoms with Gasteiger partial charge in [-0.1, -0.05) is 24.3 Å². The van der Waals surface area contributed by atoms with E-state index < -0.39 is 5.91 Å². The fourth-order valence-corrected chi connectivity index (χ4v) is 2.55. The van der Waals surface area contributed by atoms with Crippen LogP contribution in [0.15, 0.2) is 54.7 Å². The molecular formula is C20H20N6O2. The van der Waals surface area contributed by atoms with E-state index in [0.29, 0.717) is 35.1 Å². The van der Waals surface area contributed by atoms with E-state index in [0.717, 1.165) is 5.56 Å². The van der Waals surface area contributed by atoms with Gasteiger partial charge in [-0.05, 0) is 36.8 Å². The summed E-state index contributed by atoms with van der Waals surface area (Å²) in [6.07, 6.45) is 1.40. The molecule has 1 aromatic heterocycles. The summed E-state index contributed by atoms with van der Waals surface area (Å²) in [4.78, 5) is 32.0. The number of aromatic nitrogens is 2. The highest BCUT2D eigenvalue weighted by Gasteiger charge is 2.11. The van der Waals surface area contributed by atoms with Gasteiger partial charge >= 0.3 is 0 Å². The smallest absolute Gasteiger partial charge is 0.255 e. The van der Waals surface area contributed by atoms with Crippen LogP contribution in [0.3, 0.4) is 0 Å². The molecule has 3 aromatic rings. The van der Waals surface area contributed by atoms with Crippen molar-refractivity contribution in [2.24, 2.45) is 5.73 Å². The van der Waals surface area contributed by atoms with Gasteiger partial charge in [-0.15, -0.1) is 0 Å². The Morgan fingerprint density at radius 1 is 1.07 bits per heavy atom. The van der Waals surface area contributed by atoms with Crippen LogP contribution in [-0.4, -0.2) is 21.8 Å². The highest BCUT2D eigenvalue weighted by molar-refractivity contribution is 6.05. The number of nitrogen functional groups attached to an aromatic ring is 1. The number of carbonyl (C=O) groups excluding carboxylic acids is 2. The van der Waals surface area contributed by atoms with Gasteiger partial charge in [-0.2, -0.15) is 0 Å². The number of hydrogen-bond donors (Lipinski definition) is 4. The van der Waals surface area contributed by atoms with Crippen molar-refractivity contribution in [3.63, 3.8) is 0 Å². The van der Waals surface area contributed by atoms with Gasteiger partial charge in [0, 0.05) is 18.3 Å². The molecule has 8 heteroatoms. The minimum absolute atomic E-state index is 0.224. The number of aryl methyl sites for hydroxylation is 1. The Labute approximate surface area is 162 Å². The molecular weight excluding hydrogens is 356 g/mol. The summed E-state index contributed by atoms with van der Waals surface area (Å²) in [6, 6.07) is 14.1. The van der Waals surface area contributed by atoms with Crippen molar-refractivity contribution < 1.29 is 9.59 Å². The standard InChI is InChI=1S/C20H20N6O2/c1-12-23-11-15(18(22)27)19(25-12)24-10-13-6-8-14(9-7-13)20(28)26-17-5-3-2-4-16(17)21/h2-9,11H,10,21H2,1H3,(H2,22,27)(H,26,28)(H,23,24,25). The Balaban J connectivity index is 1.67. The number of nitrogens with two attached hydrogens (primary N) is 2. The highest BCUT2D eigenvalue weighted by atomic mass is 16.2. The van der Waals surface area contributed by atoms with Crippen molar-refractivity contribution in [2.45, 2.75) is 13.5 Å². The molecule has 0 radical (unpaired) electrons. The molecule has 2 aromatic carbocycles. The number of nitrogens with one attached hydrogen (secondary N) is 2. The molecule has 0 aliphatic carbocycles. The summed E-state index contributed by atoms with van der Waals surface area (Å²) < 4.78 is 0. The Bertz CT molecular complexity index is 1020. The lowest BCUT2D eigenvalue weighted by Crippen LogP contribution is -2.17. The second-order valence-electron chi connectivity index (χ2n) is 6.14. The largest absolute Gasteiger partial charge is 0.397 e. The maximum absolute atomic E-state index is 12.4. The van der Waals surface area contributed by atoms with Gasteiger partial charge in [-0.25, -0.2) is 9.97 Å². The monoisotopic (exact) mass is 376 g/mol. The lowest BCUT2D eigenvalue weighted by atomic mass is 10.1. The molecule has 3 rings (SSSR count). The fraction of sp³-hybridized carbons (Fsp3) is 0.100. The first-order chi connectivity index (χ1) is 13.4. The van der Waals surface area contributed by atoms with Gasteiger partial charge in [0.05, 0.1) is 16.9 Å². The summed E-state index contributed by atoms with van der Waals surface area (Å²) >= 11 is 0. The molecule has 6 N–H and O–H groups in total. The number of amides is 2. The molecule has 8 nitrogen and oxygen atoms in total. The van der Waals surface area contributed by atoms with Crippen LogP contribution in [0.1, 0.15) is 32.1 Å². The van der Waals surface area contributed by atoms with Crippen LogP contribution in [-0.2, 0) is 6.54 Å². The van der Waals surface area contributed by atoms with E-state index >= 15 is 0 Å².